The third-order valence-corrected chi connectivity index (χ3v) is 10.7. The summed E-state index contributed by atoms with van der Waals surface area (Å²) in [6, 6.07) is 12.4. The van der Waals surface area contributed by atoms with Crippen molar-refractivity contribution < 1.29 is 48.0 Å². The van der Waals surface area contributed by atoms with Crippen LogP contribution in [0.4, 0.5) is 0 Å². The zero-order valence-electron chi connectivity index (χ0n) is 33.4. The Morgan fingerprint density at radius 3 is 1.34 bits per heavy atom. The van der Waals surface area contributed by atoms with Gasteiger partial charge in [-0.05, 0) is 89.8 Å². The lowest BCUT2D eigenvalue weighted by molar-refractivity contribution is -0.158. The summed E-state index contributed by atoms with van der Waals surface area (Å²) in [5.41, 5.74) is -3.18. The SMILES string of the molecule is COc1ccc(-n2nc(C3CC3)cc(C(=O)C3C(=O)C(C)(C)C(=O)C(C)(C)C3=O)c2=O)cc1OC.COc1ccc(-n2nc(C3CC3)cc(C(=O)O)c2=O)cc1OC. The van der Waals surface area contributed by atoms with Gasteiger partial charge in [-0.3, -0.25) is 28.8 Å². The standard InChI is InChI=1S/C26H28N2O7.C16H16N2O5/c1-25(2)21(30)19(22(31)26(3,4)24(25)33)20(29)15-12-16(13-7-8-13)27-28(23(15)32)14-9-10-17(34-5)18(11-14)35-6;1-22-13-6-5-10(7-14(13)23-2)18-15(19)11(16(20)21)8-12(17-18)9-3-4-9/h9-13,19H,7-8H2,1-6H3;5-9H,3-4H2,1-2H3,(H,20,21). The molecule has 2 aromatic carbocycles. The first-order chi connectivity index (χ1) is 27.4. The molecule has 4 aromatic rings. The van der Waals surface area contributed by atoms with Gasteiger partial charge < -0.3 is 24.1 Å². The molecule has 0 saturated heterocycles. The second-order valence-corrected chi connectivity index (χ2v) is 15.4. The summed E-state index contributed by atoms with van der Waals surface area (Å²) in [7, 11) is 5.94. The van der Waals surface area contributed by atoms with Gasteiger partial charge in [-0.2, -0.15) is 19.6 Å². The van der Waals surface area contributed by atoms with Crippen LogP contribution >= 0.6 is 0 Å². The summed E-state index contributed by atoms with van der Waals surface area (Å²) in [6.07, 6.45) is 3.60. The van der Waals surface area contributed by atoms with Crippen molar-refractivity contribution in [2.24, 2.45) is 16.7 Å². The van der Waals surface area contributed by atoms with Gasteiger partial charge in [0.2, 0.25) is 0 Å². The fourth-order valence-electron chi connectivity index (χ4n) is 7.02. The molecular formula is C42H44N4O12. The van der Waals surface area contributed by atoms with E-state index in [4.69, 9.17) is 18.9 Å². The van der Waals surface area contributed by atoms with Crippen LogP contribution in [0.5, 0.6) is 23.0 Å². The van der Waals surface area contributed by atoms with Gasteiger partial charge in [-0.1, -0.05) is 0 Å². The van der Waals surface area contributed by atoms with Gasteiger partial charge >= 0.3 is 5.97 Å². The molecule has 2 aromatic heterocycles. The molecule has 3 fully saturated rings. The van der Waals surface area contributed by atoms with E-state index in [2.05, 4.69) is 10.2 Å². The number of aromatic nitrogens is 4. The topological polar surface area (TPSA) is 212 Å². The minimum atomic E-state index is -1.74. The summed E-state index contributed by atoms with van der Waals surface area (Å²) in [4.78, 5) is 90.2. The molecule has 0 bridgehead atoms. The number of ketones is 4. The van der Waals surface area contributed by atoms with Crippen molar-refractivity contribution in [3.05, 3.63) is 91.8 Å². The number of benzene rings is 2. The van der Waals surface area contributed by atoms with Gasteiger partial charge in [0.1, 0.15) is 11.5 Å². The molecule has 58 heavy (non-hydrogen) atoms. The molecule has 304 valence electrons. The highest BCUT2D eigenvalue weighted by Crippen LogP contribution is 2.43. The quantitative estimate of drug-likeness (QED) is 0.163. The molecule has 3 aliphatic rings. The average molecular weight is 797 g/mol. The summed E-state index contributed by atoms with van der Waals surface area (Å²) < 4.78 is 23.2. The third kappa shape index (κ3) is 7.41. The average Bonchev–Trinajstić information content (AvgIpc) is 4.15. The normalized spacial score (nSPS) is 17.2. The lowest BCUT2D eigenvalue weighted by Crippen LogP contribution is -2.59. The Morgan fingerprint density at radius 2 is 0.983 bits per heavy atom. The lowest BCUT2D eigenvalue weighted by atomic mass is 9.57. The molecule has 0 spiro atoms. The zero-order chi connectivity index (χ0) is 42.4. The predicted octanol–water partition coefficient (Wildman–Crippen LogP) is 4.52. The van der Waals surface area contributed by atoms with Crippen LogP contribution < -0.4 is 30.1 Å². The number of methoxy groups -OCH3 is 4. The van der Waals surface area contributed by atoms with Crippen LogP contribution in [0.1, 0.15) is 97.3 Å². The fourth-order valence-corrected chi connectivity index (χ4v) is 7.02. The number of hydrogen-bond acceptors (Lipinski definition) is 13. The number of rotatable bonds is 11. The molecule has 3 saturated carbocycles. The molecular weight excluding hydrogens is 752 g/mol. The second-order valence-electron chi connectivity index (χ2n) is 15.4. The summed E-state index contributed by atoms with van der Waals surface area (Å²) in [6.45, 7) is 5.65. The number of carboxylic acid groups (broad SMARTS) is 1. The maximum absolute atomic E-state index is 13.7. The number of carbonyl (C=O) groups excluding carboxylic acids is 4. The van der Waals surface area contributed by atoms with E-state index in [1.807, 2.05) is 0 Å². The molecule has 16 heteroatoms. The van der Waals surface area contributed by atoms with E-state index in [0.29, 0.717) is 45.8 Å². The van der Waals surface area contributed by atoms with Crippen molar-refractivity contribution in [1.29, 1.82) is 0 Å². The number of carbonyl (C=O) groups is 5. The smallest absolute Gasteiger partial charge is 0.341 e. The maximum atomic E-state index is 13.7. The third-order valence-electron chi connectivity index (χ3n) is 10.7. The van der Waals surface area contributed by atoms with Gasteiger partial charge in [0, 0.05) is 24.0 Å². The molecule has 0 atom stereocenters. The summed E-state index contributed by atoms with van der Waals surface area (Å²) >= 11 is 0. The summed E-state index contributed by atoms with van der Waals surface area (Å²) in [5.74, 6) is -3.97. The first kappa shape index (κ1) is 41.2. The highest BCUT2D eigenvalue weighted by molar-refractivity contribution is 6.37. The minimum absolute atomic E-state index is 0.0702. The van der Waals surface area contributed by atoms with Crippen molar-refractivity contribution in [2.45, 2.75) is 65.2 Å². The van der Waals surface area contributed by atoms with E-state index >= 15 is 0 Å². The molecule has 0 amide bonds. The number of nitrogens with zero attached hydrogens (tertiary/aromatic N) is 4. The van der Waals surface area contributed by atoms with Crippen LogP contribution in [0.15, 0.2) is 58.1 Å². The fraction of sp³-hybridized carbons (Fsp3) is 0.405. The van der Waals surface area contributed by atoms with E-state index in [-0.39, 0.29) is 23.0 Å². The Kier molecular flexibility index (Phi) is 11.0. The molecule has 1 N–H and O–H groups in total. The molecule has 0 aliphatic heterocycles. The first-order valence-electron chi connectivity index (χ1n) is 18.6. The number of ether oxygens (including phenoxy) is 4. The number of hydrogen-bond donors (Lipinski definition) is 1. The van der Waals surface area contributed by atoms with Crippen molar-refractivity contribution in [3.8, 4) is 34.4 Å². The number of carboxylic acids is 1. The monoisotopic (exact) mass is 796 g/mol. The lowest BCUT2D eigenvalue weighted by Gasteiger charge is -2.39. The Morgan fingerprint density at radius 1 is 0.603 bits per heavy atom. The van der Waals surface area contributed by atoms with Crippen molar-refractivity contribution in [1.82, 2.24) is 19.6 Å². The van der Waals surface area contributed by atoms with Crippen LogP contribution in [0.3, 0.4) is 0 Å². The van der Waals surface area contributed by atoms with E-state index in [0.717, 1.165) is 35.0 Å². The van der Waals surface area contributed by atoms with Gasteiger partial charge in [0.05, 0.1) is 67.6 Å². The van der Waals surface area contributed by atoms with E-state index in [9.17, 15) is 38.7 Å². The Bertz CT molecular complexity index is 2460. The van der Waals surface area contributed by atoms with Crippen LogP contribution in [-0.2, 0) is 14.4 Å². The van der Waals surface area contributed by atoms with Crippen LogP contribution in [0.25, 0.3) is 11.4 Å². The van der Waals surface area contributed by atoms with Crippen LogP contribution in [0.2, 0.25) is 0 Å². The Balaban J connectivity index is 0.000000213. The van der Waals surface area contributed by atoms with Crippen LogP contribution in [0, 0.1) is 16.7 Å². The highest BCUT2D eigenvalue weighted by Gasteiger charge is 2.60. The minimum Gasteiger partial charge on any atom is -0.493 e. The van der Waals surface area contributed by atoms with Gasteiger partial charge in [0.25, 0.3) is 11.1 Å². The van der Waals surface area contributed by atoms with E-state index in [1.165, 1.54) is 68.3 Å². The Hall–Kier alpha value is -6.45. The van der Waals surface area contributed by atoms with Gasteiger partial charge in [-0.15, -0.1) is 0 Å². The molecule has 2 heterocycles. The van der Waals surface area contributed by atoms with Crippen molar-refractivity contribution >= 4 is 29.1 Å². The molecule has 7 rings (SSSR count). The van der Waals surface area contributed by atoms with Gasteiger partial charge in [-0.25, -0.2) is 4.79 Å². The molecule has 0 radical (unpaired) electrons. The largest absolute Gasteiger partial charge is 0.493 e. The molecule has 0 unspecified atom stereocenters. The second kappa shape index (κ2) is 15.5. The Labute approximate surface area is 332 Å². The number of aromatic carboxylic acids is 1. The zero-order valence-corrected chi connectivity index (χ0v) is 33.4. The van der Waals surface area contributed by atoms with E-state index < -0.39 is 57.0 Å². The molecule has 3 aliphatic carbocycles. The van der Waals surface area contributed by atoms with Crippen molar-refractivity contribution in [2.75, 3.05) is 28.4 Å². The number of Topliss-reactive ketones (excluding diaryl/α,β-unsaturated/α-hetero) is 4. The molecule has 16 nitrogen and oxygen atoms in total. The summed E-state index contributed by atoms with van der Waals surface area (Å²) in [5, 5.41) is 18.0. The van der Waals surface area contributed by atoms with Gasteiger partial charge in [0.15, 0.2) is 46.1 Å². The maximum Gasteiger partial charge on any atom is 0.341 e. The van der Waals surface area contributed by atoms with E-state index in [1.54, 1.807) is 36.4 Å². The highest BCUT2D eigenvalue weighted by atomic mass is 16.5. The predicted molar refractivity (Wildman–Crippen MR) is 207 cm³/mol. The van der Waals surface area contributed by atoms with Crippen molar-refractivity contribution in [3.63, 3.8) is 0 Å². The van der Waals surface area contributed by atoms with Crippen LogP contribution in [-0.4, -0.2) is 82.2 Å². The first-order valence-corrected chi connectivity index (χ1v) is 18.6.